The van der Waals surface area contributed by atoms with Crippen molar-refractivity contribution in [3.05, 3.63) is 24.3 Å². The number of hydrogen-bond donors (Lipinski definition) is 3. The van der Waals surface area contributed by atoms with E-state index >= 15 is 0 Å². The Balaban J connectivity index is 3.50. The monoisotopic (exact) mass is 818 g/mol. The van der Waals surface area contributed by atoms with Crippen molar-refractivity contribution in [2.75, 3.05) is 13.2 Å². The Bertz CT molecular complexity index is 904. The minimum atomic E-state index is -0.852. The molecule has 3 N–H and O–H groups in total. The number of carbonyl (C=O) groups excluding carboxylic acids is 2. The van der Waals surface area contributed by atoms with Gasteiger partial charge in [0, 0.05) is 12.8 Å². The summed E-state index contributed by atoms with van der Waals surface area (Å²) in [6.45, 7) is 4.85. The van der Waals surface area contributed by atoms with Gasteiger partial charge in [-0.05, 0) is 57.8 Å². The van der Waals surface area contributed by atoms with Gasteiger partial charge in [0.1, 0.15) is 0 Å². The SMILES string of the molecule is CCCCCC/C=C\CCCCCCCC(=O)OCCCCCCCCCCCCCCCC(=O)NC(CO)C(O)/C=C/CCCCCCCCCCCCCCC. The zero-order valence-electron chi connectivity index (χ0n) is 38.8. The lowest BCUT2D eigenvalue weighted by Gasteiger charge is -2.20. The predicted molar refractivity (Wildman–Crippen MR) is 250 cm³/mol. The van der Waals surface area contributed by atoms with Crippen molar-refractivity contribution in [3.8, 4) is 0 Å². The van der Waals surface area contributed by atoms with E-state index in [0.717, 1.165) is 57.8 Å². The molecule has 0 bridgehead atoms. The predicted octanol–water partition coefficient (Wildman–Crippen LogP) is 15.1. The summed E-state index contributed by atoms with van der Waals surface area (Å²) in [6.07, 6.45) is 56.0. The fraction of sp³-hybridized carbons (Fsp3) is 0.885. The topological polar surface area (TPSA) is 95.9 Å². The molecule has 6 heteroatoms. The van der Waals surface area contributed by atoms with Gasteiger partial charge < -0.3 is 20.3 Å². The van der Waals surface area contributed by atoms with Crippen LogP contribution in [-0.2, 0) is 14.3 Å². The maximum atomic E-state index is 12.4. The van der Waals surface area contributed by atoms with Crippen LogP contribution in [0.3, 0.4) is 0 Å². The first-order chi connectivity index (χ1) is 28.5. The second-order valence-electron chi connectivity index (χ2n) is 17.5. The molecule has 0 rings (SSSR count). The van der Waals surface area contributed by atoms with E-state index in [0.29, 0.717) is 19.4 Å². The van der Waals surface area contributed by atoms with Crippen LogP contribution in [0.15, 0.2) is 24.3 Å². The van der Waals surface area contributed by atoms with Crippen molar-refractivity contribution in [1.82, 2.24) is 5.32 Å². The summed E-state index contributed by atoms with van der Waals surface area (Å²) in [4.78, 5) is 24.4. The molecule has 2 atom stereocenters. The third-order valence-corrected chi connectivity index (χ3v) is 11.7. The summed E-state index contributed by atoms with van der Waals surface area (Å²) < 4.78 is 5.45. The number of carbonyl (C=O) groups is 2. The first kappa shape index (κ1) is 56.3. The van der Waals surface area contributed by atoms with Gasteiger partial charge in [0.05, 0.1) is 25.4 Å². The Kier molecular flexibility index (Phi) is 46.6. The quantitative estimate of drug-likeness (QED) is 0.0323. The molecule has 0 aliphatic heterocycles. The lowest BCUT2D eigenvalue weighted by atomic mass is 10.0. The zero-order valence-corrected chi connectivity index (χ0v) is 38.8. The molecule has 0 aromatic carbocycles. The van der Waals surface area contributed by atoms with Gasteiger partial charge in [-0.15, -0.1) is 0 Å². The highest BCUT2D eigenvalue weighted by Crippen LogP contribution is 2.16. The number of allylic oxidation sites excluding steroid dienone is 3. The van der Waals surface area contributed by atoms with Gasteiger partial charge in [-0.1, -0.05) is 224 Å². The van der Waals surface area contributed by atoms with Crippen molar-refractivity contribution in [2.24, 2.45) is 0 Å². The van der Waals surface area contributed by atoms with E-state index in [-0.39, 0.29) is 18.5 Å². The summed E-state index contributed by atoms with van der Waals surface area (Å²) >= 11 is 0. The van der Waals surface area contributed by atoms with Crippen LogP contribution in [0.25, 0.3) is 0 Å². The van der Waals surface area contributed by atoms with Crippen LogP contribution in [0.5, 0.6) is 0 Å². The molecule has 0 saturated heterocycles. The van der Waals surface area contributed by atoms with Crippen LogP contribution in [0, 0.1) is 0 Å². The largest absolute Gasteiger partial charge is 0.466 e. The summed E-state index contributed by atoms with van der Waals surface area (Å²) in [6, 6.07) is -0.637. The van der Waals surface area contributed by atoms with Crippen LogP contribution in [0.4, 0.5) is 0 Å². The molecule has 58 heavy (non-hydrogen) atoms. The Morgan fingerprint density at radius 2 is 0.810 bits per heavy atom. The molecule has 0 aliphatic rings. The van der Waals surface area contributed by atoms with E-state index in [1.807, 2.05) is 6.08 Å². The molecule has 0 spiro atoms. The van der Waals surface area contributed by atoms with Crippen molar-refractivity contribution >= 4 is 11.9 Å². The Hall–Kier alpha value is -1.66. The van der Waals surface area contributed by atoms with Gasteiger partial charge in [0.2, 0.25) is 5.91 Å². The highest BCUT2D eigenvalue weighted by molar-refractivity contribution is 5.76. The fourth-order valence-electron chi connectivity index (χ4n) is 7.74. The molecule has 342 valence electrons. The van der Waals surface area contributed by atoms with Crippen LogP contribution < -0.4 is 5.32 Å². The number of aliphatic hydroxyl groups excluding tert-OH is 2. The second kappa shape index (κ2) is 48.0. The molecule has 1 amide bonds. The van der Waals surface area contributed by atoms with E-state index in [2.05, 4.69) is 31.3 Å². The van der Waals surface area contributed by atoms with Crippen LogP contribution in [0.2, 0.25) is 0 Å². The molecule has 0 radical (unpaired) electrons. The normalized spacial score (nSPS) is 12.8. The number of ether oxygens (including phenoxy) is 1. The number of amides is 1. The molecule has 6 nitrogen and oxygen atoms in total. The van der Waals surface area contributed by atoms with Gasteiger partial charge in [-0.3, -0.25) is 9.59 Å². The number of unbranched alkanes of at least 4 members (excludes halogenated alkanes) is 34. The Morgan fingerprint density at radius 1 is 0.466 bits per heavy atom. The smallest absolute Gasteiger partial charge is 0.305 e. The third kappa shape index (κ3) is 43.9. The highest BCUT2D eigenvalue weighted by atomic mass is 16.5. The van der Waals surface area contributed by atoms with Gasteiger partial charge >= 0.3 is 5.97 Å². The van der Waals surface area contributed by atoms with Crippen molar-refractivity contribution in [3.63, 3.8) is 0 Å². The van der Waals surface area contributed by atoms with Crippen molar-refractivity contribution in [2.45, 2.75) is 283 Å². The Labute approximate surface area is 361 Å². The minimum absolute atomic E-state index is 0.0164. The fourth-order valence-corrected chi connectivity index (χ4v) is 7.74. The van der Waals surface area contributed by atoms with E-state index < -0.39 is 12.1 Å². The number of esters is 1. The van der Waals surface area contributed by atoms with Crippen molar-refractivity contribution in [1.29, 1.82) is 0 Å². The average Bonchev–Trinajstić information content (AvgIpc) is 3.22. The second-order valence-corrected chi connectivity index (χ2v) is 17.5. The molecular weight excluding hydrogens is 719 g/mol. The number of rotatable bonds is 47. The number of nitrogens with one attached hydrogen (secondary N) is 1. The molecule has 0 aromatic heterocycles. The zero-order chi connectivity index (χ0) is 42.3. The van der Waals surface area contributed by atoms with Gasteiger partial charge in [0.25, 0.3) is 0 Å². The van der Waals surface area contributed by atoms with Crippen molar-refractivity contribution < 1.29 is 24.5 Å². The molecule has 0 aliphatic carbocycles. The molecule has 0 fully saturated rings. The summed E-state index contributed by atoms with van der Waals surface area (Å²) in [5.74, 6) is -0.0972. The first-order valence-electron chi connectivity index (χ1n) is 25.6. The maximum absolute atomic E-state index is 12.4. The molecule has 0 heterocycles. The maximum Gasteiger partial charge on any atom is 0.305 e. The highest BCUT2D eigenvalue weighted by Gasteiger charge is 2.18. The minimum Gasteiger partial charge on any atom is -0.466 e. The summed E-state index contributed by atoms with van der Waals surface area (Å²) in [7, 11) is 0. The molecular formula is C52H99NO5. The molecule has 2 unspecified atom stereocenters. The number of aliphatic hydroxyl groups is 2. The first-order valence-corrected chi connectivity index (χ1v) is 25.6. The van der Waals surface area contributed by atoms with E-state index in [1.165, 1.54) is 186 Å². The van der Waals surface area contributed by atoms with Crippen LogP contribution >= 0.6 is 0 Å². The number of hydrogen-bond acceptors (Lipinski definition) is 5. The average molecular weight is 818 g/mol. The summed E-state index contributed by atoms with van der Waals surface area (Å²) in [5.41, 5.74) is 0. The van der Waals surface area contributed by atoms with E-state index in [1.54, 1.807) is 6.08 Å². The van der Waals surface area contributed by atoms with Gasteiger partial charge in [-0.2, -0.15) is 0 Å². The standard InChI is InChI=1S/C52H99NO5/c1-3-5-7-9-11-13-15-17-18-21-24-28-32-36-40-44-50(55)49(48-54)53-51(56)45-41-37-33-29-25-22-19-23-27-31-35-39-43-47-58-52(57)46-42-38-34-30-26-20-16-14-12-10-8-6-4-2/h14,16,40,44,49-50,54-55H,3-13,15,17-39,41-43,45-48H2,1-2H3,(H,53,56)/b16-14-,44-40+. The van der Waals surface area contributed by atoms with Gasteiger partial charge in [0.15, 0.2) is 0 Å². The van der Waals surface area contributed by atoms with E-state index in [4.69, 9.17) is 4.74 Å². The molecule has 0 saturated carbocycles. The van der Waals surface area contributed by atoms with Crippen LogP contribution in [-0.4, -0.2) is 47.4 Å². The Morgan fingerprint density at radius 3 is 1.24 bits per heavy atom. The lowest BCUT2D eigenvalue weighted by molar-refractivity contribution is -0.143. The van der Waals surface area contributed by atoms with Crippen LogP contribution in [0.1, 0.15) is 271 Å². The van der Waals surface area contributed by atoms with E-state index in [9.17, 15) is 19.8 Å². The lowest BCUT2D eigenvalue weighted by Crippen LogP contribution is -2.45. The summed E-state index contributed by atoms with van der Waals surface area (Å²) in [5, 5.41) is 23.0. The third-order valence-electron chi connectivity index (χ3n) is 11.7. The van der Waals surface area contributed by atoms with Gasteiger partial charge in [-0.25, -0.2) is 0 Å². The molecule has 0 aromatic rings.